The van der Waals surface area contributed by atoms with Gasteiger partial charge in [-0.05, 0) is 53.8 Å². The van der Waals surface area contributed by atoms with Crippen LogP contribution >= 0.6 is 0 Å². The van der Waals surface area contributed by atoms with Gasteiger partial charge in [-0.3, -0.25) is 4.79 Å². The van der Waals surface area contributed by atoms with E-state index < -0.39 is 0 Å². The number of ketones is 1. The summed E-state index contributed by atoms with van der Waals surface area (Å²) in [4.78, 5) is 12.7. The Hall–Kier alpha value is -2.29. The molecule has 0 fully saturated rings. The lowest BCUT2D eigenvalue weighted by atomic mass is 9.84. The molecule has 3 nitrogen and oxygen atoms in total. The molecular weight excluding hydrogens is 298 g/mol. The van der Waals surface area contributed by atoms with E-state index >= 15 is 0 Å². The molecule has 0 bridgehead atoms. The Morgan fingerprint density at radius 1 is 1.04 bits per heavy atom. The zero-order valence-corrected chi connectivity index (χ0v) is 15.2. The highest BCUT2D eigenvalue weighted by atomic mass is 16.5. The van der Waals surface area contributed by atoms with E-state index in [1.807, 2.05) is 18.2 Å². The van der Waals surface area contributed by atoms with Gasteiger partial charge in [0.1, 0.15) is 5.75 Å². The molecule has 0 aliphatic heterocycles. The highest BCUT2D eigenvalue weighted by molar-refractivity contribution is 6.09. The van der Waals surface area contributed by atoms with Gasteiger partial charge >= 0.3 is 0 Å². The van der Waals surface area contributed by atoms with Crippen LogP contribution in [0.15, 0.2) is 42.5 Å². The van der Waals surface area contributed by atoms with Gasteiger partial charge < -0.3 is 10.5 Å². The quantitative estimate of drug-likeness (QED) is 0.632. The van der Waals surface area contributed by atoms with Gasteiger partial charge in [0.25, 0.3) is 0 Å². The molecule has 2 N–H and O–H groups in total. The van der Waals surface area contributed by atoms with Crippen LogP contribution in [0.25, 0.3) is 0 Å². The van der Waals surface area contributed by atoms with Gasteiger partial charge in [-0.25, -0.2) is 0 Å². The minimum absolute atomic E-state index is 0.00379. The average Bonchev–Trinajstić information content (AvgIpc) is 2.52. The lowest BCUT2D eigenvalue weighted by molar-refractivity contribution is 0.103. The number of carbonyl (C=O) groups is 1. The van der Waals surface area contributed by atoms with Crippen LogP contribution in [0.4, 0.5) is 5.69 Å². The number of nitrogens with two attached hydrogens (primary N) is 1. The number of anilines is 1. The van der Waals surface area contributed by atoms with E-state index in [0.29, 0.717) is 29.3 Å². The molecule has 0 unspecified atom stereocenters. The maximum absolute atomic E-state index is 12.7. The van der Waals surface area contributed by atoms with Gasteiger partial charge in [0, 0.05) is 22.4 Å². The summed E-state index contributed by atoms with van der Waals surface area (Å²) in [7, 11) is 0. The van der Waals surface area contributed by atoms with Crippen molar-refractivity contribution in [3.05, 3.63) is 59.2 Å². The summed E-state index contributed by atoms with van der Waals surface area (Å²) in [5.74, 6) is 1.30. The Labute approximate surface area is 144 Å². The first-order valence-corrected chi connectivity index (χ1v) is 8.36. The standard InChI is InChI=1S/C21H27NO2/c1-14(2)13-24-19-11-8-16(12-18(19)21(3,4)5)20(23)15-6-9-17(22)10-7-15/h6-12,14H,13,22H2,1-5H3. The van der Waals surface area contributed by atoms with Crippen LogP contribution in [0.5, 0.6) is 5.75 Å². The Kier molecular flexibility index (Phi) is 5.33. The van der Waals surface area contributed by atoms with Crippen molar-refractivity contribution in [3.63, 3.8) is 0 Å². The second-order valence-corrected chi connectivity index (χ2v) is 7.62. The van der Waals surface area contributed by atoms with E-state index in [0.717, 1.165) is 11.3 Å². The minimum atomic E-state index is -0.107. The smallest absolute Gasteiger partial charge is 0.193 e. The fraction of sp³-hybridized carbons (Fsp3) is 0.381. The number of rotatable bonds is 5. The van der Waals surface area contributed by atoms with E-state index in [9.17, 15) is 4.79 Å². The summed E-state index contributed by atoms with van der Waals surface area (Å²) < 4.78 is 5.95. The van der Waals surface area contributed by atoms with Crippen LogP contribution in [0.3, 0.4) is 0 Å². The predicted octanol–water partition coefficient (Wildman–Crippen LogP) is 4.83. The molecule has 0 spiro atoms. The number of hydrogen-bond donors (Lipinski definition) is 1. The maximum Gasteiger partial charge on any atom is 0.193 e. The molecular formula is C21H27NO2. The monoisotopic (exact) mass is 325 g/mol. The number of nitrogen functional groups attached to an aromatic ring is 1. The third-order valence-corrected chi connectivity index (χ3v) is 3.79. The van der Waals surface area contributed by atoms with Gasteiger partial charge in [-0.1, -0.05) is 34.6 Å². The van der Waals surface area contributed by atoms with Crippen molar-refractivity contribution in [1.82, 2.24) is 0 Å². The first-order valence-electron chi connectivity index (χ1n) is 8.36. The number of benzene rings is 2. The second-order valence-electron chi connectivity index (χ2n) is 7.62. The van der Waals surface area contributed by atoms with Crippen LogP contribution in [0, 0.1) is 5.92 Å². The first kappa shape index (κ1) is 18.1. The fourth-order valence-electron chi connectivity index (χ4n) is 2.44. The molecule has 2 aromatic rings. The highest BCUT2D eigenvalue weighted by Crippen LogP contribution is 2.33. The topological polar surface area (TPSA) is 52.3 Å². The van der Waals surface area contributed by atoms with E-state index in [4.69, 9.17) is 10.5 Å². The molecule has 0 aliphatic carbocycles. The summed E-state index contributed by atoms with van der Waals surface area (Å²) in [5, 5.41) is 0. The Morgan fingerprint density at radius 2 is 1.62 bits per heavy atom. The first-order chi connectivity index (χ1) is 11.2. The van der Waals surface area contributed by atoms with Crippen molar-refractivity contribution in [1.29, 1.82) is 0 Å². The van der Waals surface area contributed by atoms with Crippen molar-refractivity contribution in [2.45, 2.75) is 40.0 Å². The summed E-state index contributed by atoms with van der Waals surface area (Å²) in [6.45, 7) is 11.3. The highest BCUT2D eigenvalue weighted by Gasteiger charge is 2.21. The molecule has 0 saturated carbocycles. The summed E-state index contributed by atoms with van der Waals surface area (Å²) in [6.07, 6.45) is 0. The minimum Gasteiger partial charge on any atom is -0.493 e. The van der Waals surface area contributed by atoms with Crippen molar-refractivity contribution in [2.75, 3.05) is 12.3 Å². The van der Waals surface area contributed by atoms with Gasteiger partial charge in [-0.2, -0.15) is 0 Å². The van der Waals surface area contributed by atoms with Crippen molar-refractivity contribution in [2.24, 2.45) is 5.92 Å². The Balaban J connectivity index is 2.38. The van der Waals surface area contributed by atoms with Gasteiger partial charge in [0.15, 0.2) is 5.78 Å². The van der Waals surface area contributed by atoms with Crippen LogP contribution in [0.2, 0.25) is 0 Å². The van der Waals surface area contributed by atoms with Crippen LogP contribution in [-0.2, 0) is 5.41 Å². The van der Waals surface area contributed by atoms with Gasteiger partial charge in [-0.15, -0.1) is 0 Å². The molecule has 0 amide bonds. The lowest BCUT2D eigenvalue weighted by Crippen LogP contribution is -2.16. The molecule has 2 aromatic carbocycles. The molecule has 0 heterocycles. The second kappa shape index (κ2) is 7.08. The molecule has 0 aromatic heterocycles. The molecule has 0 atom stereocenters. The van der Waals surface area contributed by atoms with Crippen LogP contribution < -0.4 is 10.5 Å². The average molecular weight is 325 g/mol. The maximum atomic E-state index is 12.7. The largest absolute Gasteiger partial charge is 0.493 e. The molecule has 0 aliphatic rings. The predicted molar refractivity (Wildman–Crippen MR) is 99.8 cm³/mol. The van der Waals surface area contributed by atoms with Gasteiger partial charge in [0.2, 0.25) is 0 Å². The SMILES string of the molecule is CC(C)COc1ccc(C(=O)c2ccc(N)cc2)cc1C(C)(C)C. The molecule has 2 rings (SSSR count). The molecule has 0 radical (unpaired) electrons. The summed E-state index contributed by atoms with van der Waals surface area (Å²) >= 11 is 0. The van der Waals surface area contributed by atoms with E-state index in [1.54, 1.807) is 24.3 Å². The Morgan fingerprint density at radius 3 is 2.17 bits per heavy atom. The van der Waals surface area contributed by atoms with Crippen molar-refractivity contribution in [3.8, 4) is 5.75 Å². The van der Waals surface area contributed by atoms with Crippen LogP contribution in [-0.4, -0.2) is 12.4 Å². The van der Waals surface area contributed by atoms with E-state index in [-0.39, 0.29) is 11.2 Å². The lowest BCUT2D eigenvalue weighted by Gasteiger charge is -2.24. The molecule has 0 saturated heterocycles. The normalized spacial score (nSPS) is 11.6. The zero-order chi connectivity index (χ0) is 17.9. The third kappa shape index (κ3) is 4.38. The van der Waals surface area contributed by atoms with Crippen molar-refractivity contribution >= 4 is 11.5 Å². The van der Waals surface area contributed by atoms with Crippen molar-refractivity contribution < 1.29 is 9.53 Å². The van der Waals surface area contributed by atoms with E-state index in [1.165, 1.54) is 0 Å². The third-order valence-electron chi connectivity index (χ3n) is 3.79. The van der Waals surface area contributed by atoms with Crippen LogP contribution in [0.1, 0.15) is 56.1 Å². The fourth-order valence-corrected chi connectivity index (χ4v) is 2.44. The molecule has 128 valence electrons. The number of ether oxygens (including phenoxy) is 1. The number of hydrogen-bond acceptors (Lipinski definition) is 3. The van der Waals surface area contributed by atoms with Gasteiger partial charge in [0.05, 0.1) is 6.61 Å². The zero-order valence-electron chi connectivity index (χ0n) is 15.2. The van der Waals surface area contributed by atoms with E-state index in [2.05, 4.69) is 34.6 Å². The summed E-state index contributed by atoms with van der Waals surface area (Å²) in [5.41, 5.74) is 8.59. The summed E-state index contributed by atoms with van der Waals surface area (Å²) in [6, 6.07) is 12.7. The molecule has 24 heavy (non-hydrogen) atoms. The molecule has 3 heteroatoms. The number of carbonyl (C=O) groups excluding carboxylic acids is 1. The Bertz CT molecular complexity index is 710.